The van der Waals surface area contributed by atoms with Gasteiger partial charge in [0.25, 0.3) is 0 Å². The number of anilines is 2. The van der Waals surface area contributed by atoms with E-state index in [-0.39, 0.29) is 18.1 Å². The minimum absolute atomic E-state index is 0.0744. The second kappa shape index (κ2) is 7.08. The molecule has 3 heterocycles. The molecule has 1 aromatic carbocycles. The van der Waals surface area contributed by atoms with Crippen molar-refractivity contribution < 1.29 is 4.79 Å². The smallest absolute Gasteiger partial charge is 0.320 e. The van der Waals surface area contributed by atoms with Gasteiger partial charge in [-0.1, -0.05) is 30.3 Å². The summed E-state index contributed by atoms with van der Waals surface area (Å²) in [5.41, 5.74) is 10.1. The first-order chi connectivity index (χ1) is 13.1. The van der Waals surface area contributed by atoms with Crippen LogP contribution in [0.5, 0.6) is 0 Å². The Kier molecular flexibility index (Phi) is 4.47. The number of benzene rings is 1. The molecule has 8 heteroatoms. The van der Waals surface area contributed by atoms with Crippen molar-refractivity contribution in [2.24, 2.45) is 7.05 Å². The van der Waals surface area contributed by atoms with Gasteiger partial charge in [-0.2, -0.15) is 5.10 Å². The highest BCUT2D eigenvalue weighted by Gasteiger charge is 2.26. The van der Waals surface area contributed by atoms with Crippen LogP contribution in [0.1, 0.15) is 35.8 Å². The molecule has 1 aliphatic heterocycles. The van der Waals surface area contributed by atoms with Crippen LogP contribution in [-0.2, 0) is 7.05 Å². The number of urea groups is 1. The number of aryl methyl sites for hydroxylation is 1. The normalized spacial score (nSPS) is 16.3. The summed E-state index contributed by atoms with van der Waals surface area (Å²) in [7, 11) is 1.88. The number of carbonyl (C=O) groups excluding carboxylic acids is 1. The van der Waals surface area contributed by atoms with E-state index in [1.807, 2.05) is 56.6 Å². The molecule has 0 bridgehead atoms. The molecule has 1 unspecified atom stereocenters. The molecule has 4 rings (SSSR count). The predicted octanol–water partition coefficient (Wildman–Crippen LogP) is 2.72. The molecule has 4 N–H and O–H groups in total. The highest BCUT2D eigenvalue weighted by atomic mass is 16.2. The lowest BCUT2D eigenvalue weighted by atomic mass is 10.1. The van der Waals surface area contributed by atoms with Crippen LogP contribution in [0.15, 0.2) is 54.9 Å². The summed E-state index contributed by atoms with van der Waals surface area (Å²) in [6.07, 6.45) is 3.65. The number of pyridine rings is 1. The van der Waals surface area contributed by atoms with Crippen LogP contribution < -0.4 is 21.5 Å². The maximum Gasteiger partial charge on any atom is 0.320 e. The first kappa shape index (κ1) is 17.0. The summed E-state index contributed by atoms with van der Waals surface area (Å²) in [4.78, 5) is 16.6. The van der Waals surface area contributed by atoms with E-state index in [4.69, 9.17) is 0 Å². The molecule has 0 saturated heterocycles. The number of hydrogen-bond acceptors (Lipinski definition) is 5. The Morgan fingerprint density at radius 3 is 2.81 bits per heavy atom. The molecular formula is C19H21N7O. The molecule has 0 fully saturated rings. The highest BCUT2D eigenvalue weighted by molar-refractivity contribution is 5.89. The first-order valence-electron chi connectivity index (χ1n) is 8.73. The zero-order valence-electron chi connectivity index (χ0n) is 15.1. The Labute approximate surface area is 157 Å². The zero-order chi connectivity index (χ0) is 18.8. The molecule has 1 aliphatic rings. The second-order valence-corrected chi connectivity index (χ2v) is 6.50. The van der Waals surface area contributed by atoms with Crippen molar-refractivity contribution in [1.29, 1.82) is 0 Å². The van der Waals surface area contributed by atoms with Crippen molar-refractivity contribution in [3.8, 4) is 0 Å². The number of carbonyl (C=O) groups is 1. The van der Waals surface area contributed by atoms with Gasteiger partial charge < -0.3 is 10.7 Å². The zero-order valence-corrected chi connectivity index (χ0v) is 15.1. The third-order valence-corrected chi connectivity index (χ3v) is 4.52. The van der Waals surface area contributed by atoms with E-state index in [0.717, 1.165) is 22.5 Å². The fraction of sp³-hybridized carbons (Fsp3) is 0.211. The van der Waals surface area contributed by atoms with E-state index < -0.39 is 0 Å². The summed E-state index contributed by atoms with van der Waals surface area (Å²) in [6.45, 7) is 1.94. The van der Waals surface area contributed by atoms with Crippen molar-refractivity contribution in [2.45, 2.75) is 19.0 Å². The fourth-order valence-electron chi connectivity index (χ4n) is 3.09. The maximum atomic E-state index is 12.3. The van der Waals surface area contributed by atoms with Crippen LogP contribution in [0.25, 0.3) is 0 Å². The standard InChI is InChI=1S/C19H21N7O/c1-12(13-6-4-3-5-7-13)21-19(27)22-17-10-16-14(11-20-17)18(24-23-16)15-8-9-26(2)25-15/h3-12,18,23-24H,1-2H3,(H2,20,21,22,27)/t12-,18?/m1/s1. The predicted molar refractivity (Wildman–Crippen MR) is 103 cm³/mol. The molecule has 0 aliphatic carbocycles. The number of nitrogens with one attached hydrogen (secondary N) is 4. The maximum absolute atomic E-state index is 12.3. The van der Waals surface area contributed by atoms with Crippen molar-refractivity contribution in [3.05, 3.63) is 71.7 Å². The van der Waals surface area contributed by atoms with Crippen LogP contribution in [0.2, 0.25) is 0 Å². The SMILES string of the molecule is C[C@@H](NC(=O)Nc1cc2c(cn1)C(c1ccn(C)n1)NN2)c1ccccc1. The molecule has 2 amide bonds. The second-order valence-electron chi connectivity index (χ2n) is 6.50. The average Bonchev–Trinajstić information content (AvgIpc) is 3.27. The van der Waals surface area contributed by atoms with Crippen molar-refractivity contribution in [2.75, 3.05) is 10.7 Å². The molecule has 0 spiro atoms. The van der Waals surface area contributed by atoms with Crippen LogP contribution in [0.3, 0.4) is 0 Å². The Bertz CT molecular complexity index is 954. The summed E-state index contributed by atoms with van der Waals surface area (Å²) in [5, 5.41) is 10.1. The van der Waals surface area contributed by atoms with E-state index in [0.29, 0.717) is 5.82 Å². The van der Waals surface area contributed by atoms with Gasteiger partial charge in [0.15, 0.2) is 0 Å². The molecule has 8 nitrogen and oxygen atoms in total. The Morgan fingerprint density at radius 1 is 1.26 bits per heavy atom. The summed E-state index contributed by atoms with van der Waals surface area (Å²) in [5.74, 6) is 0.475. The van der Waals surface area contributed by atoms with Gasteiger partial charge in [0.2, 0.25) is 0 Å². The van der Waals surface area contributed by atoms with Gasteiger partial charge >= 0.3 is 6.03 Å². The van der Waals surface area contributed by atoms with Crippen LogP contribution in [0.4, 0.5) is 16.3 Å². The molecule has 138 valence electrons. The van der Waals surface area contributed by atoms with Gasteiger partial charge in [-0.3, -0.25) is 10.00 Å². The molecule has 27 heavy (non-hydrogen) atoms. The molecule has 2 aromatic heterocycles. The number of hydrazine groups is 1. The topological polar surface area (TPSA) is 95.9 Å². The van der Waals surface area contributed by atoms with E-state index in [2.05, 4.69) is 31.6 Å². The molecule has 0 radical (unpaired) electrons. The Balaban J connectivity index is 1.43. The lowest BCUT2D eigenvalue weighted by molar-refractivity contribution is 0.249. The van der Waals surface area contributed by atoms with Crippen molar-refractivity contribution >= 4 is 17.5 Å². The van der Waals surface area contributed by atoms with E-state index in [9.17, 15) is 4.79 Å². The largest absolute Gasteiger partial charge is 0.331 e. The number of aromatic nitrogens is 3. The summed E-state index contributed by atoms with van der Waals surface area (Å²) < 4.78 is 1.76. The minimum atomic E-state index is -0.300. The van der Waals surface area contributed by atoms with E-state index in [1.165, 1.54) is 0 Å². The molecule has 0 saturated carbocycles. The van der Waals surface area contributed by atoms with Crippen molar-refractivity contribution in [3.63, 3.8) is 0 Å². The number of rotatable bonds is 4. The van der Waals surface area contributed by atoms with Gasteiger partial charge in [-0.05, 0) is 18.6 Å². The number of fused-ring (bicyclic) bond motifs is 1. The monoisotopic (exact) mass is 363 g/mol. The van der Waals surface area contributed by atoms with Gasteiger partial charge in [0, 0.05) is 31.1 Å². The Morgan fingerprint density at radius 2 is 2.07 bits per heavy atom. The summed E-state index contributed by atoms with van der Waals surface area (Å²) >= 11 is 0. The molecule has 2 atom stereocenters. The number of hydrogen-bond donors (Lipinski definition) is 4. The van der Waals surface area contributed by atoms with E-state index in [1.54, 1.807) is 16.9 Å². The van der Waals surface area contributed by atoms with E-state index >= 15 is 0 Å². The van der Waals surface area contributed by atoms with Gasteiger partial charge in [-0.25, -0.2) is 15.2 Å². The van der Waals surface area contributed by atoms with Crippen LogP contribution >= 0.6 is 0 Å². The fourth-order valence-corrected chi connectivity index (χ4v) is 3.09. The van der Waals surface area contributed by atoms with Gasteiger partial charge in [-0.15, -0.1) is 0 Å². The third-order valence-electron chi connectivity index (χ3n) is 4.52. The number of nitrogens with zero attached hydrogens (tertiary/aromatic N) is 3. The highest BCUT2D eigenvalue weighted by Crippen LogP contribution is 2.32. The first-order valence-corrected chi connectivity index (χ1v) is 8.73. The quantitative estimate of drug-likeness (QED) is 0.572. The molecular weight excluding hydrogens is 342 g/mol. The van der Waals surface area contributed by atoms with Crippen LogP contribution in [0, 0.1) is 0 Å². The molecule has 3 aromatic rings. The minimum Gasteiger partial charge on any atom is -0.331 e. The van der Waals surface area contributed by atoms with Gasteiger partial charge in [0.1, 0.15) is 5.82 Å². The lowest BCUT2D eigenvalue weighted by Crippen LogP contribution is -2.31. The Hall–Kier alpha value is -3.39. The summed E-state index contributed by atoms with van der Waals surface area (Å²) in [6, 6.07) is 13.1. The third kappa shape index (κ3) is 3.61. The average molecular weight is 363 g/mol. The number of amides is 2. The van der Waals surface area contributed by atoms with Crippen molar-refractivity contribution in [1.82, 2.24) is 25.5 Å². The lowest BCUT2D eigenvalue weighted by Gasteiger charge is -2.15. The van der Waals surface area contributed by atoms with Crippen LogP contribution in [-0.4, -0.2) is 20.8 Å². The van der Waals surface area contributed by atoms with Gasteiger partial charge in [0.05, 0.1) is 23.5 Å².